The Morgan fingerprint density at radius 3 is 2.81 bits per heavy atom. The van der Waals surface area contributed by atoms with Crippen molar-refractivity contribution in [1.29, 1.82) is 0 Å². The van der Waals surface area contributed by atoms with E-state index >= 15 is 0 Å². The molecule has 2 aromatic rings. The van der Waals surface area contributed by atoms with E-state index < -0.39 is 21.9 Å². The maximum Gasteiger partial charge on any atom is 0.281 e. The lowest BCUT2D eigenvalue weighted by Gasteiger charge is -2.27. The zero-order valence-corrected chi connectivity index (χ0v) is 16.4. The molecule has 11 heteroatoms. The molecule has 0 atom stereocenters. The molecule has 0 fully saturated rings. The van der Waals surface area contributed by atoms with Gasteiger partial charge in [-0.15, -0.1) is 11.3 Å². The van der Waals surface area contributed by atoms with Crippen LogP contribution in [0.25, 0.3) is 0 Å². The molecule has 1 amide bonds. The minimum Gasteiger partial charge on any atom is -0.298 e. The van der Waals surface area contributed by atoms with Gasteiger partial charge in [0.05, 0.1) is 22.8 Å². The lowest BCUT2D eigenvalue weighted by atomic mass is 10.2. The standard InChI is InChI=1S/C15H16ClFN4O3S2/c1-20(2)26(23,24)21-6-5-12-13(8-21)25-15(18-12)19-14(22)10-4-3-9(17)7-11(10)16/h3-4,7H,5-6,8H2,1-2H3,(H,18,19,22). The Kier molecular flexibility index (Phi) is 5.31. The van der Waals surface area contributed by atoms with Crippen LogP contribution in [0.3, 0.4) is 0 Å². The first-order chi connectivity index (χ1) is 12.2. The van der Waals surface area contributed by atoms with Crippen LogP contribution in [0.15, 0.2) is 18.2 Å². The van der Waals surface area contributed by atoms with Crippen LogP contribution < -0.4 is 5.32 Å². The lowest BCUT2D eigenvalue weighted by Crippen LogP contribution is -2.42. The molecular weight excluding hydrogens is 403 g/mol. The number of amides is 1. The molecule has 2 heterocycles. The summed E-state index contributed by atoms with van der Waals surface area (Å²) in [6.07, 6.45) is 0.464. The Balaban J connectivity index is 1.77. The first kappa shape index (κ1) is 19.2. The average molecular weight is 419 g/mol. The molecule has 0 spiro atoms. The van der Waals surface area contributed by atoms with Gasteiger partial charge < -0.3 is 0 Å². The fourth-order valence-corrected chi connectivity index (χ4v) is 4.92. The van der Waals surface area contributed by atoms with Crippen molar-refractivity contribution in [2.75, 3.05) is 26.0 Å². The van der Waals surface area contributed by atoms with Gasteiger partial charge in [-0.05, 0) is 18.2 Å². The summed E-state index contributed by atoms with van der Waals surface area (Å²) in [5, 5.41) is 2.99. The van der Waals surface area contributed by atoms with E-state index in [9.17, 15) is 17.6 Å². The number of rotatable bonds is 4. The fraction of sp³-hybridized carbons (Fsp3) is 0.333. The maximum atomic E-state index is 13.1. The first-order valence-electron chi connectivity index (χ1n) is 7.61. The topological polar surface area (TPSA) is 82.6 Å². The van der Waals surface area contributed by atoms with Gasteiger partial charge in [0, 0.05) is 31.9 Å². The van der Waals surface area contributed by atoms with Gasteiger partial charge in [0.2, 0.25) is 0 Å². The number of hydrogen-bond donors (Lipinski definition) is 1. The molecule has 0 unspecified atom stereocenters. The zero-order valence-electron chi connectivity index (χ0n) is 14.0. The SMILES string of the molecule is CN(C)S(=O)(=O)N1CCc2nc(NC(=O)c3ccc(F)cc3Cl)sc2C1. The number of carbonyl (C=O) groups excluding carboxylic acids is 1. The Morgan fingerprint density at radius 2 is 2.15 bits per heavy atom. The van der Waals surface area contributed by atoms with E-state index in [0.717, 1.165) is 27.0 Å². The Hall–Kier alpha value is -1.59. The van der Waals surface area contributed by atoms with Crippen LogP contribution >= 0.6 is 22.9 Å². The number of halogens is 2. The van der Waals surface area contributed by atoms with Gasteiger partial charge in [-0.2, -0.15) is 17.0 Å². The molecule has 140 valence electrons. The van der Waals surface area contributed by atoms with Crippen molar-refractivity contribution >= 4 is 44.2 Å². The van der Waals surface area contributed by atoms with Gasteiger partial charge in [-0.25, -0.2) is 9.37 Å². The number of nitrogens with one attached hydrogen (secondary N) is 1. The van der Waals surface area contributed by atoms with Crippen molar-refractivity contribution in [3.63, 3.8) is 0 Å². The molecule has 0 bridgehead atoms. The predicted octanol–water partition coefficient (Wildman–Crippen LogP) is 2.35. The first-order valence-corrected chi connectivity index (χ1v) is 10.2. The quantitative estimate of drug-likeness (QED) is 0.826. The summed E-state index contributed by atoms with van der Waals surface area (Å²) in [5.74, 6) is -1.03. The van der Waals surface area contributed by atoms with Crippen LogP contribution in [-0.4, -0.2) is 48.6 Å². The summed E-state index contributed by atoms with van der Waals surface area (Å²) >= 11 is 7.11. The number of carbonyl (C=O) groups is 1. The van der Waals surface area contributed by atoms with Gasteiger partial charge in [0.15, 0.2) is 5.13 Å². The fourth-order valence-electron chi connectivity index (χ4n) is 2.49. The molecule has 1 aromatic heterocycles. The van der Waals surface area contributed by atoms with Crippen molar-refractivity contribution in [3.05, 3.63) is 45.2 Å². The number of hydrogen-bond acceptors (Lipinski definition) is 5. The van der Waals surface area contributed by atoms with Gasteiger partial charge in [0.1, 0.15) is 5.82 Å². The summed E-state index contributed by atoms with van der Waals surface area (Å²) < 4.78 is 40.1. The highest BCUT2D eigenvalue weighted by molar-refractivity contribution is 7.86. The average Bonchev–Trinajstić information content (AvgIpc) is 2.95. The van der Waals surface area contributed by atoms with Crippen LogP contribution in [-0.2, 0) is 23.2 Å². The second-order valence-electron chi connectivity index (χ2n) is 5.84. The summed E-state index contributed by atoms with van der Waals surface area (Å²) in [6, 6.07) is 3.51. The minimum atomic E-state index is -3.50. The third-order valence-corrected chi connectivity index (χ3v) is 7.08. The number of thiazole rings is 1. The molecule has 1 aromatic carbocycles. The minimum absolute atomic E-state index is 0.00655. The van der Waals surface area contributed by atoms with E-state index in [-0.39, 0.29) is 17.1 Å². The molecule has 1 aliphatic heterocycles. The van der Waals surface area contributed by atoms with Crippen LogP contribution in [0.2, 0.25) is 5.02 Å². The lowest BCUT2D eigenvalue weighted by molar-refractivity contribution is 0.102. The molecule has 0 aliphatic carbocycles. The van der Waals surface area contributed by atoms with E-state index in [1.165, 1.54) is 35.8 Å². The summed E-state index contributed by atoms with van der Waals surface area (Å²) in [6.45, 7) is 0.537. The van der Waals surface area contributed by atoms with Crippen molar-refractivity contribution in [2.24, 2.45) is 0 Å². The van der Waals surface area contributed by atoms with Gasteiger partial charge in [-0.1, -0.05) is 11.6 Å². The zero-order chi connectivity index (χ0) is 19.1. The van der Waals surface area contributed by atoms with Gasteiger partial charge in [-0.3, -0.25) is 10.1 Å². The van der Waals surface area contributed by atoms with Crippen LogP contribution in [0.4, 0.5) is 9.52 Å². The Morgan fingerprint density at radius 1 is 1.42 bits per heavy atom. The van der Waals surface area contributed by atoms with Crippen LogP contribution in [0.1, 0.15) is 20.9 Å². The van der Waals surface area contributed by atoms with E-state index in [2.05, 4.69) is 10.3 Å². The third-order valence-electron chi connectivity index (χ3n) is 3.88. The van der Waals surface area contributed by atoms with Crippen LogP contribution in [0.5, 0.6) is 0 Å². The van der Waals surface area contributed by atoms with Crippen molar-refractivity contribution in [3.8, 4) is 0 Å². The van der Waals surface area contributed by atoms with Gasteiger partial charge >= 0.3 is 0 Å². The summed E-state index contributed by atoms with van der Waals surface area (Å²) in [7, 11) is -0.540. The summed E-state index contributed by atoms with van der Waals surface area (Å²) in [5.41, 5.74) is 0.902. The molecule has 1 N–H and O–H groups in total. The number of nitrogens with zero attached hydrogens (tertiary/aromatic N) is 3. The highest BCUT2D eigenvalue weighted by Crippen LogP contribution is 2.30. The Bertz CT molecular complexity index is 962. The molecule has 3 rings (SSSR count). The molecule has 0 saturated heterocycles. The number of aromatic nitrogens is 1. The number of benzene rings is 1. The van der Waals surface area contributed by atoms with Crippen molar-refractivity contribution in [1.82, 2.24) is 13.6 Å². The molecule has 26 heavy (non-hydrogen) atoms. The summed E-state index contributed by atoms with van der Waals surface area (Å²) in [4.78, 5) is 17.4. The molecule has 7 nitrogen and oxygen atoms in total. The third kappa shape index (κ3) is 3.74. The second kappa shape index (κ2) is 7.20. The van der Waals surface area contributed by atoms with Gasteiger partial charge in [0.25, 0.3) is 16.1 Å². The van der Waals surface area contributed by atoms with Crippen LogP contribution in [0, 0.1) is 5.82 Å². The number of anilines is 1. The van der Waals surface area contributed by atoms with E-state index in [4.69, 9.17) is 11.6 Å². The highest BCUT2D eigenvalue weighted by Gasteiger charge is 2.30. The smallest absolute Gasteiger partial charge is 0.281 e. The molecule has 0 radical (unpaired) electrons. The molecular formula is C15H16ClFN4O3S2. The van der Waals surface area contributed by atoms with E-state index in [0.29, 0.717) is 18.1 Å². The monoisotopic (exact) mass is 418 g/mol. The largest absolute Gasteiger partial charge is 0.298 e. The van der Waals surface area contributed by atoms with E-state index in [1.807, 2.05) is 0 Å². The predicted molar refractivity (Wildman–Crippen MR) is 98.2 cm³/mol. The van der Waals surface area contributed by atoms with E-state index in [1.54, 1.807) is 0 Å². The van der Waals surface area contributed by atoms with Crippen molar-refractivity contribution < 1.29 is 17.6 Å². The second-order valence-corrected chi connectivity index (χ2v) is 9.47. The normalized spacial score (nSPS) is 15.1. The maximum absolute atomic E-state index is 13.1. The highest BCUT2D eigenvalue weighted by atomic mass is 35.5. The number of fused-ring (bicyclic) bond motifs is 1. The Labute approximate surface area is 159 Å². The molecule has 0 saturated carbocycles. The molecule has 1 aliphatic rings. The van der Waals surface area contributed by atoms with Crippen molar-refractivity contribution in [2.45, 2.75) is 13.0 Å².